The van der Waals surface area contributed by atoms with Crippen LogP contribution in [-0.2, 0) is 0 Å². The number of urea groups is 1. The molecule has 7 nitrogen and oxygen atoms in total. The smallest absolute Gasteiger partial charge is 0.324 e. The first-order valence-corrected chi connectivity index (χ1v) is 8.73. The predicted octanol–water partition coefficient (Wildman–Crippen LogP) is 4.63. The largest absolute Gasteiger partial charge is 0.336 e. The molecule has 1 aliphatic heterocycles. The number of hydrogen-bond donors (Lipinski definition) is 3. The van der Waals surface area contributed by atoms with E-state index in [4.69, 9.17) is 0 Å². The molecule has 0 bridgehead atoms. The second-order valence-corrected chi connectivity index (χ2v) is 5.69. The summed E-state index contributed by atoms with van der Waals surface area (Å²) in [5.41, 5.74) is 1.33. The Bertz CT molecular complexity index is 1000. The van der Waals surface area contributed by atoms with Crippen molar-refractivity contribution in [3.63, 3.8) is 0 Å². The van der Waals surface area contributed by atoms with Crippen LogP contribution in [0, 0.1) is 0 Å². The van der Waals surface area contributed by atoms with E-state index in [1.54, 1.807) is 4.90 Å². The number of carbonyl (C=O) groups excluding carboxylic acids is 1. The number of carbonyl (C=O) groups is 1. The minimum Gasteiger partial charge on any atom is -0.336 e. The van der Waals surface area contributed by atoms with Gasteiger partial charge in [0.05, 0.1) is 0 Å². The van der Waals surface area contributed by atoms with E-state index >= 15 is 0 Å². The van der Waals surface area contributed by atoms with Gasteiger partial charge in [-0.25, -0.2) is 14.8 Å². The van der Waals surface area contributed by atoms with Crippen molar-refractivity contribution < 1.29 is 4.79 Å². The fourth-order valence-corrected chi connectivity index (χ4v) is 2.73. The molecule has 7 heteroatoms. The summed E-state index contributed by atoms with van der Waals surface area (Å²) in [5, 5.41) is 10.8. The van der Waals surface area contributed by atoms with Crippen molar-refractivity contribution in [3.05, 3.63) is 61.2 Å². The Hall–Kier alpha value is -3.61. The fraction of sp³-hybridized carbons (Fsp3) is 0.150. The van der Waals surface area contributed by atoms with E-state index < -0.39 is 0 Å². The topological polar surface area (TPSA) is 82.2 Å². The number of hydrogen-bond acceptors (Lipinski definition) is 5. The monoisotopic (exact) mass is 362 g/mol. The SMILES string of the molecule is C=C1Nc2c(NC(=O)Nc3ccc4ccccc4c3)ncnc2N1C.CC. The van der Waals surface area contributed by atoms with E-state index in [0.29, 0.717) is 28.8 Å². The van der Waals surface area contributed by atoms with Gasteiger partial charge >= 0.3 is 6.03 Å². The molecular formula is C20H22N6O. The van der Waals surface area contributed by atoms with Crippen LogP contribution in [0.25, 0.3) is 10.8 Å². The van der Waals surface area contributed by atoms with Crippen LogP contribution in [0.15, 0.2) is 61.2 Å². The lowest BCUT2D eigenvalue weighted by Gasteiger charge is -2.11. The third-order valence-electron chi connectivity index (χ3n) is 4.06. The number of nitrogens with one attached hydrogen (secondary N) is 3. The lowest BCUT2D eigenvalue weighted by Crippen LogP contribution is -2.20. The highest BCUT2D eigenvalue weighted by Crippen LogP contribution is 2.36. The van der Waals surface area contributed by atoms with Crippen LogP contribution in [0.3, 0.4) is 0 Å². The van der Waals surface area contributed by atoms with E-state index in [0.717, 1.165) is 10.8 Å². The molecule has 2 aromatic carbocycles. The first-order chi connectivity index (χ1) is 13.1. The van der Waals surface area contributed by atoms with E-state index in [1.807, 2.05) is 63.4 Å². The van der Waals surface area contributed by atoms with Gasteiger partial charge < -0.3 is 15.5 Å². The number of aromatic nitrogens is 2. The third-order valence-corrected chi connectivity index (χ3v) is 4.06. The predicted molar refractivity (Wildman–Crippen MR) is 111 cm³/mol. The second-order valence-electron chi connectivity index (χ2n) is 5.69. The maximum absolute atomic E-state index is 12.3. The number of nitrogens with zero attached hydrogens (tertiary/aromatic N) is 3. The van der Waals surface area contributed by atoms with Crippen molar-refractivity contribution >= 4 is 39.8 Å². The summed E-state index contributed by atoms with van der Waals surface area (Å²) in [6.45, 7) is 7.89. The molecule has 0 radical (unpaired) electrons. The molecule has 1 aromatic heterocycles. The molecule has 0 spiro atoms. The summed E-state index contributed by atoms with van der Waals surface area (Å²) >= 11 is 0. The Labute approximate surface area is 158 Å². The first kappa shape index (κ1) is 18.2. The zero-order valence-electron chi connectivity index (χ0n) is 15.6. The first-order valence-electron chi connectivity index (χ1n) is 8.73. The molecule has 4 rings (SSSR count). The summed E-state index contributed by atoms with van der Waals surface area (Å²) in [4.78, 5) is 22.5. The van der Waals surface area contributed by atoms with Gasteiger partial charge in [-0.2, -0.15) is 0 Å². The lowest BCUT2D eigenvalue weighted by atomic mass is 10.1. The molecule has 0 unspecified atom stereocenters. The van der Waals surface area contributed by atoms with Crippen LogP contribution < -0.4 is 20.9 Å². The van der Waals surface area contributed by atoms with E-state index in [9.17, 15) is 4.79 Å². The molecular weight excluding hydrogens is 340 g/mol. The summed E-state index contributed by atoms with van der Waals surface area (Å²) in [7, 11) is 1.84. The zero-order chi connectivity index (χ0) is 19.4. The zero-order valence-corrected chi connectivity index (χ0v) is 15.6. The lowest BCUT2D eigenvalue weighted by molar-refractivity contribution is 0.262. The molecule has 27 heavy (non-hydrogen) atoms. The number of amides is 2. The number of benzene rings is 2. The Morgan fingerprint density at radius 3 is 2.59 bits per heavy atom. The van der Waals surface area contributed by atoms with Crippen molar-refractivity contribution in [1.82, 2.24) is 9.97 Å². The average Bonchev–Trinajstić information content (AvgIpc) is 2.99. The number of rotatable bonds is 2. The highest BCUT2D eigenvalue weighted by atomic mass is 16.2. The van der Waals surface area contributed by atoms with E-state index in [1.165, 1.54) is 6.33 Å². The van der Waals surface area contributed by atoms with Crippen molar-refractivity contribution in [2.45, 2.75) is 13.8 Å². The quantitative estimate of drug-likeness (QED) is 0.619. The number of fused-ring (bicyclic) bond motifs is 2. The van der Waals surface area contributed by atoms with Gasteiger partial charge in [0, 0.05) is 12.7 Å². The molecule has 0 fully saturated rings. The van der Waals surface area contributed by atoms with Gasteiger partial charge in [0.25, 0.3) is 0 Å². The minimum absolute atomic E-state index is 0.377. The molecule has 3 N–H and O–H groups in total. The van der Waals surface area contributed by atoms with Gasteiger partial charge in [0.15, 0.2) is 11.6 Å². The molecule has 0 atom stereocenters. The van der Waals surface area contributed by atoms with Gasteiger partial charge in [0.1, 0.15) is 17.8 Å². The van der Waals surface area contributed by atoms with E-state index in [-0.39, 0.29) is 6.03 Å². The summed E-state index contributed by atoms with van der Waals surface area (Å²) in [5.74, 6) is 1.74. The Balaban J connectivity index is 0.00000102. The van der Waals surface area contributed by atoms with Gasteiger partial charge in [0.2, 0.25) is 0 Å². The van der Waals surface area contributed by atoms with Crippen LogP contribution in [-0.4, -0.2) is 23.0 Å². The second kappa shape index (κ2) is 7.74. The molecule has 2 heterocycles. The van der Waals surface area contributed by atoms with Crippen LogP contribution in [0.5, 0.6) is 0 Å². The standard InChI is InChI=1S/C18H16N6O.C2H6/c1-11-21-15-16(19-10-20-17(15)24(11)2)23-18(25)22-14-8-7-12-5-3-4-6-13(12)9-14;1-2/h3-10,21H,1H2,2H3,(H2,19,20,22,23,25);1-2H3. The van der Waals surface area contributed by atoms with Crippen molar-refractivity contribution in [2.75, 3.05) is 27.9 Å². The van der Waals surface area contributed by atoms with Crippen molar-refractivity contribution in [2.24, 2.45) is 0 Å². The van der Waals surface area contributed by atoms with Crippen LogP contribution in [0.1, 0.15) is 13.8 Å². The Morgan fingerprint density at radius 2 is 1.81 bits per heavy atom. The molecule has 0 aliphatic carbocycles. The summed E-state index contributed by atoms with van der Waals surface area (Å²) < 4.78 is 0. The van der Waals surface area contributed by atoms with Crippen molar-refractivity contribution in [3.8, 4) is 0 Å². The summed E-state index contributed by atoms with van der Waals surface area (Å²) in [6, 6.07) is 13.3. The van der Waals surface area contributed by atoms with Crippen LogP contribution >= 0.6 is 0 Å². The van der Waals surface area contributed by atoms with Gasteiger partial charge in [-0.1, -0.05) is 50.8 Å². The molecule has 1 aliphatic rings. The minimum atomic E-state index is -0.377. The highest BCUT2D eigenvalue weighted by molar-refractivity contribution is 6.03. The Kier molecular flexibility index (Phi) is 5.21. The maximum atomic E-state index is 12.3. The molecule has 3 aromatic rings. The normalized spacial score (nSPS) is 12.0. The number of anilines is 4. The Morgan fingerprint density at radius 1 is 1.07 bits per heavy atom. The third kappa shape index (κ3) is 3.67. The van der Waals surface area contributed by atoms with Gasteiger partial charge in [-0.3, -0.25) is 5.32 Å². The van der Waals surface area contributed by atoms with E-state index in [2.05, 4.69) is 32.5 Å². The molecule has 138 valence electrons. The molecule has 2 amide bonds. The van der Waals surface area contributed by atoms with Crippen molar-refractivity contribution in [1.29, 1.82) is 0 Å². The van der Waals surface area contributed by atoms with Gasteiger partial charge in [-0.15, -0.1) is 0 Å². The maximum Gasteiger partial charge on any atom is 0.324 e. The molecule has 0 saturated heterocycles. The van der Waals surface area contributed by atoms with Crippen LogP contribution in [0.2, 0.25) is 0 Å². The van der Waals surface area contributed by atoms with Gasteiger partial charge in [-0.05, 0) is 22.9 Å². The van der Waals surface area contributed by atoms with Crippen LogP contribution in [0.4, 0.5) is 27.8 Å². The average molecular weight is 362 g/mol. The summed E-state index contributed by atoms with van der Waals surface area (Å²) in [6.07, 6.45) is 1.40. The highest BCUT2D eigenvalue weighted by Gasteiger charge is 2.24. The fourth-order valence-electron chi connectivity index (χ4n) is 2.73. The molecule has 0 saturated carbocycles.